The second-order valence-corrected chi connectivity index (χ2v) is 7.46. The van der Waals surface area contributed by atoms with Gasteiger partial charge in [-0.3, -0.25) is 0 Å². The molecule has 3 saturated carbocycles. The summed E-state index contributed by atoms with van der Waals surface area (Å²) in [4.78, 5) is 0. The molecule has 0 nitrogen and oxygen atoms in total. The van der Waals surface area contributed by atoms with Crippen molar-refractivity contribution in [3.05, 3.63) is 35.9 Å². The maximum atomic E-state index is 2.54. The standard InChI is InChI=1S/C11H18.C8H10.C2H6/c1-11-5-8-2-3-9(6-11)10(4-8)7-11;1-2-8-6-4-3-5-7-8;1-2/h8-10H,2-7H2,1H3;3-7H,2H2,1H3;1-2H3. The summed E-state index contributed by atoms with van der Waals surface area (Å²) in [5.41, 5.74) is 2.21. The van der Waals surface area contributed by atoms with Crippen molar-refractivity contribution in [3.63, 3.8) is 0 Å². The minimum atomic E-state index is 0.800. The molecule has 0 amide bonds. The van der Waals surface area contributed by atoms with E-state index in [9.17, 15) is 0 Å². The average Bonchev–Trinajstić information content (AvgIpc) is 2.68. The van der Waals surface area contributed by atoms with Crippen LogP contribution in [0.25, 0.3) is 0 Å². The van der Waals surface area contributed by atoms with Crippen molar-refractivity contribution < 1.29 is 0 Å². The highest BCUT2D eigenvalue weighted by Crippen LogP contribution is 2.61. The Bertz CT molecular complexity index is 403. The quantitative estimate of drug-likeness (QED) is 0.553. The summed E-state index contributed by atoms with van der Waals surface area (Å²) in [7, 11) is 0. The Balaban J connectivity index is 0.000000144. The van der Waals surface area contributed by atoms with E-state index >= 15 is 0 Å². The number of aryl methyl sites for hydroxylation is 1. The highest BCUT2D eigenvalue weighted by Gasteiger charge is 2.50. The number of fused-ring (bicyclic) bond motifs is 2. The monoisotopic (exact) mass is 286 g/mol. The minimum absolute atomic E-state index is 0.800. The maximum absolute atomic E-state index is 2.54. The molecule has 3 bridgehead atoms. The molecule has 118 valence electrons. The van der Waals surface area contributed by atoms with E-state index in [0.29, 0.717) is 0 Å². The summed E-state index contributed by atoms with van der Waals surface area (Å²) < 4.78 is 0. The van der Waals surface area contributed by atoms with Crippen LogP contribution < -0.4 is 0 Å². The van der Waals surface area contributed by atoms with Crippen molar-refractivity contribution in [2.45, 2.75) is 72.6 Å². The molecule has 1 aromatic rings. The third-order valence-corrected chi connectivity index (χ3v) is 5.79. The normalized spacial score (nSPS) is 35.3. The smallest absolute Gasteiger partial charge is 0.0307 e. The van der Waals surface area contributed by atoms with Gasteiger partial charge >= 0.3 is 0 Å². The van der Waals surface area contributed by atoms with Crippen LogP contribution in [0, 0.1) is 23.2 Å². The third kappa shape index (κ3) is 4.11. The molecule has 3 aliphatic carbocycles. The van der Waals surface area contributed by atoms with E-state index in [2.05, 4.69) is 38.1 Å². The zero-order valence-corrected chi connectivity index (χ0v) is 14.6. The van der Waals surface area contributed by atoms with E-state index in [1.807, 2.05) is 19.9 Å². The highest BCUT2D eigenvalue weighted by atomic mass is 14.5. The maximum Gasteiger partial charge on any atom is -0.0307 e. The summed E-state index contributed by atoms with van der Waals surface area (Å²) >= 11 is 0. The predicted molar refractivity (Wildman–Crippen MR) is 93.4 cm³/mol. The van der Waals surface area contributed by atoms with Crippen LogP contribution in [0.5, 0.6) is 0 Å². The minimum Gasteiger partial charge on any atom is -0.0683 e. The Labute approximate surface area is 132 Å². The molecule has 1 aromatic carbocycles. The molecule has 0 heterocycles. The first kappa shape index (κ1) is 16.6. The van der Waals surface area contributed by atoms with Gasteiger partial charge in [0.1, 0.15) is 0 Å². The summed E-state index contributed by atoms with van der Waals surface area (Å²) in [6.45, 7) is 8.70. The lowest BCUT2D eigenvalue weighted by Crippen LogP contribution is -2.26. The van der Waals surface area contributed by atoms with Crippen LogP contribution in [-0.2, 0) is 6.42 Å². The van der Waals surface area contributed by atoms with Crippen molar-refractivity contribution in [3.8, 4) is 0 Å². The van der Waals surface area contributed by atoms with E-state index in [0.717, 1.165) is 29.6 Å². The summed E-state index contributed by atoms with van der Waals surface area (Å²) in [6, 6.07) is 10.5. The van der Waals surface area contributed by atoms with Crippen LogP contribution in [0.3, 0.4) is 0 Å². The molecule has 4 rings (SSSR count). The molecule has 0 N–H and O–H groups in total. The van der Waals surface area contributed by atoms with Gasteiger partial charge in [-0.2, -0.15) is 0 Å². The Morgan fingerprint density at radius 2 is 1.62 bits per heavy atom. The van der Waals surface area contributed by atoms with E-state index in [1.165, 1.54) is 5.56 Å². The molecule has 0 spiro atoms. The van der Waals surface area contributed by atoms with Gasteiger partial charge in [0, 0.05) is 0 Å². The average molecular weight is 287 g/mol. The fourth-order valence-corrected chi connectivity index (χ4v) is 5.05. The van der Waals surface area contributed by atoms with Gasteiger partial charge in [0.25, 0.3) is 0 Å². The van der Waals surface area contributed by atoms with Gasteiger partial charge in [-0.25, -0.2) is 0 Å². The van der Waals surface area contributed by atoms with Gasteiger partial charge in [-0.05, 0) is 67.3 Å². The first-order valence-electron chi connectivity index (χ1n) is 9.22. The summed E-state index contributed by atoms with van der Waals surface area (Å²) in [5, 5.41) is 0. The van der Waals surface area contributed by atoms with E-state index < -0.39 is 0 Å². The highest BCUT2D eigenvalue weighted by molar-refractivity contribution is 5.13. The zero-order valence-electron chi connectivity index (χ0n) is 14.6. The van der Waals surface area contributed by atoms with Gasteiger partial charge in [-0.15, -0.1) is 0 Å². The van der Waals surface area contributed by atoms with Crippen LogP contribution in [0.1, 0.15) is 71.8 Å². The second-order valence-electron chi connectivity index (χ2n) is 7.46. The molecule has 0 radical (unpaired) electrons. The predicted octanol–water partition coefficient (Wildman–Crippen LogP) is 6.50. The van der Waals surface area contributed by atoms with Crippen molar-refractivity contribution >= 4 is 0 Å². The van der Waals surface area contributed by atoms with Gasteiger partial charge in [0.2, 0.25) is 0 Å². The number of benzene rings is 1. The Morgan fingerprint density at radius 3 is 2.24 bits per heavy atom. The van der Waals surface area contributed by atoms with Crippen LogP contribution in [-0.4, -0.2) is 0 Å². The van der Waals surface area contributed by atoms with E-state index in [-0.39, 0.29) is 0 Å². The SMILES string of the molecule is CC.CC12CC3CCC(C1)C(C3)C2.CCc1ccccc1. The summed E-state index contributed by atoms with van der Waals surface area (Å²) in [6.07, 6.45) is 10.6. The van der Waals surface area contributed by atoms with Crippen LogP contribution >= 0.6 is 0 Å². The number of hydrogen-bond acceptors (Lipinski definition) is 0. The molecule has 3 aliphatic rings. The molecule has 0 saturated heterocycles. The Morgan fingerprint density at radius 1 is 0.952 bits per heavy atom. The summed E-state index contributed by atoms with van der Waals surface area (Å²) in [5.74, 6) is 3.45. The lowest BCUT2D eigenvalue weighted by Gasteiger charge is -2.37. The molecule has 21 heavy (non-hydrogen) atoms. The van der Waals surface area contributed by atoms with Crippen molar-refractivity contribution in [2.75, 3.05) is 0 Å². The lowest BCUT2D eigenvalue weighted by atomic mass is 9.68. The first-order valence-corrected chi connectivity index (χ1v) is 9.22. The van der Waals surface area contributed by atoms with E-state index in [4.69, 9.17) is 0 Å². The second kappa shape index (κ2) is 7.47. The van der Waals surface area contributed by atoms with Crippen LogP contribution in [0.15, 0.2) is 30.3 Å². The van der Waals surface area contributed by atoms with Crippen molar-refractivity contribution in [1.82, 2.24) is 0 Å². The Hall–Kier alpha value is -0.780. The fraction of sp³-hybridized carbons (Fsp3) is 0.714. The van der Waals surface area contributed by atoms with Crippen molar-refractivity contribution in [2.24, 2.45) is 23.2 Å². The van der Waals surface area contributed by atoms with Gasteiger partial charge < -0.3 is 0 Å². The number of hydrogen-bond donors (Lipinski definition) is 0. The third-order valence-electron chi connectivity index (χ3n) is 5.79. The largest absolute Gasteiger partial charge is 0.0683 e. The molecular weight excluding hydrogens is 252 g/mol. The van der Waals surface area contributed by atoms with Crippen LogP contribution in [0.4, 0.5) is 0 Å². The fourth-order valence-electron chi connectivity index (χ4n) is 5.05. The number of rotatable bonds is 1. The molecular formula is C21H34. The topological polar surface area (TPSA) is 0 Å². The van der Waals surface area contributed by atoms with E-state index in [1.54, 1.807) is 38.5 Å². The lowest BCUT2D eigenvalue weighted by molar-refractivity contribution is 0.137. The zero-order chi connectivity index (χ0) is 15.3. The molecule has 3 fully saturated rings. The molecule has 4 atom stereocenters. The molecule has 0 aliphatic heterocycles. The van der Waals surface area contributed by atoms with Gasteiger partial charge in [-0.1, -0.05) is 64.4 Å². The van der Waals surface area contributed by atoms with Crippen LogP contribution in [0.2, 0.25) is 0 Å². The van der Waals surface area contributed by atoms with Crippen molar-refractivity contribution in [1.29, 1.82) is 0 Å². The molecule has 0 aromatic heterocycles. The Kier molecular flexibility index (Phi) is 5.90. The molecule has 4 unspecified atom stereocenters. The van der Waals surface area contributed by atoms with Gasteiger partial charge in [0.05, 0.1) is 0 Å². The van der Waals surface area contributed by atoms with Gasteiger partial charge in [0.15, 0.2) is 0 Å². The first-order chi connectivity index (χ1) is 10.2. The molecule has 0 heteroatoms.